The molecule has 0 spiro atoms. The minimum absolute atomic E-state index is 0.0388. The summed E-state index contributed by atoms with van der Waals surface area (Å²) in [6.45, 7) is 2.25. The van der Waals surface area contributed by atoms with E-state index in [0.717, 1.165) is 0 Å². The van der Waals surface area contributed by atoms with Gasteiger partial charge in [-0.3, -0.25) is 9.52 Å². The molecule has 184 valence electrons. The van der Waals surface area contributed by atoms with Crippen LogP contribution in [0, 0.1) is 0 Å². The molecule has 1 aliphatic rings. The molecular weight excluding hydrogens is 492 g/mol. The summed E-state index contributed by atoms with van der Waals surface area (Å²) in [4.78, 5) is 20.8. The van der Waals surface area contributed by atoms with Crippen LogP contribution < -0.4 is 19.1 Å². The number of methoxy groups -OCH3 is 1. The molecule has 0 atom stereocenters. The smallest absolute Gasteiger partial charge is 0.261 e. The summed E-state index contributed by atoms with van der Waals surface area (Å²) in [7, 11) is -2.22. The molecule has 1 aromatic heterocycles. The zero-order valence-electron chi connectivity index (χ0n) is 19.1. The summed E-state index contributed by atoms with van der Waals surface area (Å²) in [5, 5.41) is 0.607. The lowest BCUT2D eigenvalue weighted by Gasteiger charge is -2.35. The van der Waals surface area contributed by atoms with Crippen molar-refractivity contribution in [2.75, 3.05) is 49.5 Å². The number of piperazine rings is 1. The fourth-order valence-electron chi connectivity index (χ4n) is 3.55. The van der Waals surface area contributed by atoms with Gasteiger partial charge in [0.1, 0.15) is 17.3 Å². The van der Waals surface area contributed by atoms with Gasteiger partial charge in [0.2, 0.25) is 0 Å². The molecule has 1 N–H and O–H groups in total. The first-order valence-electron chi connectivity index (χ1n) is 10.9. The van der Waals surface area contributed by atoms with Crippen molar-refractivity contribution in [1.29, 1.82) is 0 Å². The van der Waals surface area contributed by atoms with Gasteiger partial charge in [0, 0.05) is 31.2 Å². The zero-order chi connectivity index (χ0) is 24.8. The number of hydrogen-bond donors (Lipinski definition) is 1. The first kappa shape index (κ1) is 24.6. The third kappa shape index (κ3) is 6.34. The Kier molecular flexibility index (Phi) is 7.62. The molecule has 4 rings (SSSR count). The van der Waals surface area contributed by atoms with E-state index < -0.39 is 10.0 Å². The van der Waals surface area contributed by atoms with E-state index in [2.05, 4.69) is 9.71 Å². The summed E-state index contributed by atoms with van der Waals surface area (Å²) >= 11 is 5.86. The molecule has 35 heavy (non-hydrogen) atoms. The van der Waals surface area contributed by atoms with Gasteiger partial charge in [-0.25, -0.2) is 13.4 Å². The monoisotopic (exact) mass is 516 g/mol. The van der Waals surface area contributed by atoms with E-state index in [-0.39, 0.29) is 17.4 Å². The number of aromatic nitrogens is 1. The van der Waals surface area contributed by atoms with Crippen LogP contribution in [-0.4, -0.2) is 64.1 Å². The highest BCUT2D eigenvalue weighted by molar-refractivity contribution is 7.92. The largest absolute Gasteiger partial charge is 0.497 e. The Morgan fingerprint density at radius 3 is 2.23 bits per heavy atom. The summed E-state index contributed by atoms with van der Waals surface area (Å²) in [6, 6.07) is 16.4. The standard InChI is InChI=1S/C24H25ClN4O5S/c1-33-20-7-9-22(10-8-20)35(31,32)27-19-4-11-23(26-16-19)28-12-14-29(15-13-28)24(30)17-34-21-5-2-18(25)3-6-21/h2-11,16,27H,12-15,17H2,1H3. The average Bonchev–Trinajstić information content (AvgIpc) is 2.88. The molecule has 0 saturated carbocycles. The maximum atomic E-state index is 12.6. The first-order valence-corrected chi connectivity index (χ1v) is 12.7. The Hall–Kier alpha value is -3.50. The summed E-state index contributed by atoms with van der Waals surface area (Å²) < 4.78 is 38.3. The molecule has 3 aromatic rings. The topological polar surface area (TPSA) is 101 Å². The van der Waals surface area contributed by atoms with E-state index in [4.69, 9.17) is 21.1 Å². The van der Waals surface area contributed by atoms with Crippen molar-refractivity contribution in [1.82, 2.24) is 9.88 Å². The summed E-state index contributed by atoms with van der Waals surface area (Å²) in [6.07, 6.45) is 1.48. The molecular formula is C24H25ClN4O5S. The number of carbonyl (C=O) groups is 1. The molecule has 1 aliphatic heterocycles. The average molecular weight is 517 g/mol. The molecule has 1 saturated heterocycles. The lowest BCUT2D eigenvalue weighted by molar-refractivity contribution is -0.133. The van der Waals surface area contributed by atoms with Gasteiger partial charge in [0.25, 0.3) is 15.9 Å². The Morgan fingerprint density at radius 1 is 0.971 bits per heavy atom. The molecule has 11 heteroatoms. The van der Waals surface area contributed by atoms with Crippen molar-refractivity contribution in [3.8, 4) is 11.5 Å². The number of ether oxygens (including phenoxy) is 2. The molecule has 0 radical (unpaired) electrons. The van der Waals surface area contributed by atoms with E-state index >= 15 is 0 Å². The molecule has 0 aliphatic carbocycles. The third-order valence-electron chi connectivity index (χ3n) is 5.50. The van der Waals surface area contributed by atoms with Crippen LogP contribution in [0.2, 0.25) is 5.02 Å². The maximum absolute atomic E-state index is 12.6. The number of sulfonamides is 1. The number of halogens is 1. The molecule has 0 unspecified atom stereocenters. The Morgan fingerprint density at radius 2 is 1.63 bits per heavy atom. The number of amides is 1. The first-order chi connectivity index (χ1) is 16.8. The van der Waals surface area contributed by atoms with Gasteiger partial charge >= 0.3 is 0 Å². The van der Waals surface area contributed by atoms with Gasteiger partial charge in [-0.1, -0.05) is 11.6 Å². The zero-order valence-corrected chi connectivity index (χ0v) is 20.6. The molecule has 9 nitrogen and oxygen atoms in total. The predicted molar refractivity (Wildman–Crippen MR) is 134 cm³/mol. The van der Waals surface area contributed by atoms with Crippen molar-refractivity contribution in [2.45, 2.75) is 4.90 Å². The molecule has 1 fully saturated rings. The summed E-state index contributed by atoms with van der Waals surface area (Å²) in [5.41, 5.74) is 0.359. The number of benzene rings is 2. The van der Waals surface area contributed by atoms with Gasteiger partial charge in [-0.05, 0) is 60.7 Å². The van der Waals surface area contributed by atoms with E-state index in [0.29, 0.717) is 54.2 Å². The molecule has 1 amide bonds. The van der Waals surface area contributed by atoms with Gasteiger partial charge in [0.15, 0.2) is 6.61 Å². The Bertz CT molecular complexity index is 1240. The summed E-state index contributed by atoms with van der Waals surface area (Å²) in [5.74, 6) is 1.79. The second-order valence-electron chi connectivity index (χ2n) is 7.80. The van der Waals surface area contributed by atoms with Crippen LogP contribution in [0.1, 0.15) is 0 Å². The molecule has 2 heterocycles. The second kappa shape index (κ2) is 10.8. The highest BCUT2D eigenvalue weighted by Gasteiger charge is 2.22. The number of anilines is 2. The maximum Gasteiger partial charge on any atom is 0.261 e. The second-order valence-corrected chi connectivity index (χ2v) is 9.92. The van der Waals surface area contributed by atoms with E-state index in [1.54, 1.807) is 53.4 Å². The quantitative estimate of drug-likeness (QED) is 0.490. The van der Waals surface area contributed by atoms with Crippen LogP contribution in [0.5, 0.6) is 11.5 Å². The number of nitrogens with zero attached hydrogens (tertiary/aromatic N) is 3. The van der Waals surface area contributed by atoms with Crippen LogP contribution in [0.25, 0.3) is 0 Å². The highest BCUT2D eigenvalue weighted by atomic mass is 35.5. The minimum Gasteiger partial charge on any atom is -0.497 e. The Labute approximate surface area is 209 Å². The van der Waals surface area contributed by atoms with Crippen molar-refractivity contribution >= 4 is 39.0 Å². The normalized spacial score (nSPS) is 13.9. The van der Waals surface area contributed by atoms with Crippen LogP contribution in [0.3, 0.4) is 0 Å². The van der Waals surface area contributed by atoms with Gasteiger partial charge in [0.05, 0.1) is 23.9 Å². The van der Waals surface area contributed by atoms with E-state index in [1.165, 1.54) is 25.4 Å². The number of carbonyl (C=O) groups excluding carboxylic acids is 1. The van der Waals surface area contributed by atoms with E-state index in [9.17, 15) is 13.2 Å². The van der Waals surface area contributed by atoms with Crippen LogP contribution in [-0.2, 0) is 14.8 Å². The SMILES string of the molecule is COc1ccc(S(=O)(=O)Nc2ccc(N3CCN(C(=O)COc4ccc(Cl)cc4)CC3)nc2)cc1. The van der Waals surface area contributed by atoms with Crippen LogP contribution in [0.15, 0.2) is 71.8 Å². The predicted octanol–water partition coefficient (Wildman–Crippen LogP) is 3.27. The fraction of sp³-hybridized carbons (Fsp3) is 0.250. The molecule has 2 aromatic carbocycles. The van der Waals surface area contributed by atoms with Crippen molar-refractivity contribution < 1.29 is 22.7 Å². The number of rotatable bonds is 8. The van der Waals surface area contributed by atoms with Crippen LogP contribution >= 0.6 is 11.6 Å². The van der Waals surface area contributed by atoms with Gasteiger partial charge in [-0.15, -0.1) is 0 Å². The van der Waals surface area contributed by atoms with Crippen molar-refractivity contribution in [3.63, 3.8) is 0 Å². The minimum atomic E-state index is -3.74. The van der Waals surface area contributed by atoms with Crippen molar-refractivity contribution in [2.24, 2.45) is 0 Å². The number of hydrogen-bond acceptors (Lipinski definition) is 7. The van der Waals surface area contributed by atoms with Crippen molar-refractivity contribution in [3.05, 3.63) is 71.9 Å². The van der Waals surface area contributed by atoms with E-state index in [1.807, 2.05) is 4.90 Å². The third-order valence-corrected chi connectivity index (χ3v) is 7.15. The molecule has 0 bridgehead atoms. The van der Waals surface area contributed by atoms with Gasteiger partial charge < -0.3 is 19.3 Å². The van der Waals surface area contributed by atoms with Gasteiger partial charge in [-0.2, -0.15) is 0 Å². The highest BCUT2D eigenvalue weighted by Crippen LogP contribution is 2.21. The van der Waals surface area contributed by atoms with Crippen LogP contribution in [0.4, 0.5) is 11.5 Å². The number of pyridine rings is 1. The fourth-order valence-corrected chi connectivity index (χ4v) is 4.72. The lowest BCUT2D eigenvalue weighted by atomic mass is 10.3. The Balaban J connectivity index is 1.28. The number of nitrogens with one attached hydrogen (secondary N) is 1. The lowest BCUT2D eigenvalue weighted by Crippen LogP contribution is -2.50.